The van der Waals surface area contributed by atoms with E-state index in [1.807, 2.05) is 0 Å². The molecular weight excluding hydrogens is 352 g/mol. The van der Waals surface area contributed by atoms with Gasteiger partial charge in [0.05, 0.1) is 6.04 Å². The van der Waals surface area contributed by atoms with Crippen LogP contribution in [0.2, 0.25) is 0 Å². The molecule has 4 rings (SSSR count). The lowest BCUT2D eigenvalue weighted by Crippen LogP contribution is -2.29. The summed E-state index contributed by atoms with van der Waals surface area (Å²) in [6.45, 7) is 3.70. The summed E-state index contributed by atoms with van der Waals surface area (Å²) < 4.78 is 1.63. The van der Waals surface area contributed by atoms with Crippen molar-refractivity contribution < 1.29 is 4.79 Å². The summed E-state index contributed by atoms with van der Waals surface area (Å²) in [7, 11) is 0. The maximum atomic E-state index is 12.5. The first-order valence-electron chi connectivity index (χ1n) is 8.69. The highest BCUT2D eigenvalue weighted by Gasteiger charge is 2.27. The minimum absolute atomic E-state index is 0.0730. The second kappa shape index (κ2) is 7.06. The highest BCUT2D eigenvalue weighted by Crippen LogP contribution is 2.32. The molecular formula is C17H20N6O2S. The van der Waals surface area contributed by atoms with Crippen LogP contribution in [0.3, 0.4) is 0 Å². The van der Waals surface area contributed by atoms with Gasteiger partial charge in [-0.3, -0.25) is 14.2 Å². The minimum atomic E-state index is -0.185. The number of carbonyl (C=O) groups excluding carboxylic acids is 1. The number of carbonyl (C=O) groups is 1. The Balaban J connectivity index is 1.45. The normalized spacial score (nSPS) is 18.8. The first kappa shape index (κ1) is 17.0. The number of aromatic nitrogens is 4. The van der Waals surface area contributed by atoms with Crippen LogP contribution < -0.4 is 15.8 Å². The molecule has 4 heterocycles. The fourth-order valence-electron chi connectivity index (χ4n) is 3.31. The molecule has 1 amide bonds. The second-order valence-corrected chi connectivity index (χ2v) is 7.56. The number of thioether (sulfide) groups is 1. The van der Waals surface area contributed by atoms with Crippen LogP contribution in [0.5, 0.6) is 0 Å². The van der Waals surface area contributed by atoms with Crippen LogP contribution in [0.1, 0.15) is 30.9 Å². The molecule has 1 N–H and O–H groups in total. The minimum Gasteiger partial charge on any atom is -0.356 e. The summed E-state index contributed by atoms with van der Waals surface area (Å²) in [6, 6.07) is 1.62. The van der Waals surface area contributed by atoms with Gasteiger partial charge in [0.25, 0.3) is 5.56 Å². The van der Waals surface area contributed by atoms with Gasteiger partial charge in [0.1, 0.15) is 18.0 Å². The van der Waals surface area contributed by atoms with Gasteiger partial charge < -0.3 is 10.2 Å². The summed E-state index contributed by atoms with van der Waals surface area (Å²) in [6.07, 6.45) is 5.60. The topological polar surface area (TPSA) is 93.0 Å². The molecule has 9 heteroatoms. The van der Waals surface area contributed by atoms with Gasteiger partial charge in [-0.2, -0.15) is 0 Å². The maximum Gasteiger partial charge on any atom is 0.257 e. The zero-order chi connectivity index (χ0) is 18.1. The van der Waals surface area contributed by atoms with E-state index < -0.39 is 0 Å². The Morgan fingerprint density at radius 2 is 2.12 bits per heavy atom. The Hall–Kier alpha value is -2.42. The zero-order valence-corrected chi connectivity index (χ0v) is 15.3. The molecule has 0 bridgehead atoms. The number of amides is 1. The molecule has 2 aromatic heterocycles. The molecule has 0 unspecified atom stereocenters. The first-order chi connectivity index (χ1) is 12.6. The second-order valence-electron chi connectivity index (χ2n) is 6.57. The van der Waals surface area contributed by atoms with Crippen LogP contribution in [0.15, 0.2) is 28.5 Å². The van der Waals surface area contributed by atoms with Gasteiger partial charge in [-0.25, -0.2) is 15.0 Å². The Kier molecular flexibility index (Phi) is 4.62. The molecule has 0 aliphatic carbocycles. The van der Waals surface area contributed by atoms with Crippen molar-refractivity contribution in [2.45, 2.75) is 37.4 Å². The van der Waals surface area contributed by atoms with Crippen molar-refractivity contribution in [3.05, 3.63) is 34.5 Å². The molecule has 0 aromatic carbocycles. The van der Waals surface area contributed by atoms with Gasteiger partial charge in [0.15, 0.2) is 5.16 Å². The van der Waals surface area contributed by atoms with Gasteiger partial charge in [-0.1, -0.05) is 11.8 Å². The average molecular weight is 372 g/mol. The van der Waals surface area contributed by atoms with Crippen molar-refractivity contribution in [2.24, 2.45) is 0 Å². The lowest BCUT2D eigenvalue weighted by Gasteiger charge is -2.17. The Bertz CT molecular complexity index is 893. The fraction of sp³-hybridized carbons (Fsp3) is 0.471. The number of aryl methyl sites for hydroxylation is 1. The van der Waals surface area contributed by atoms with E-state index in [0.717, 1.165) is 31.7 Å². The van der Waals surface area contributed by atoms with Crippen LogP contribution >= 0.6 is 11.8 Å². The number of hydrogen-bond donors (Lipinski definition) is 1. The molecule has 0 spiro atoms. The van der Waals surface area contributed by atoms with E-state index in [4.69, 9.17) is 0 Å². The van der Waals surface area contributed by atoms with Crippen molar-refractivity contribution in [1.82, 2.24) is 19.5 Å². The molecule has 1 fully saturated rings. The van der Waals surface area contributed by atoms with E-state index in [2.05, 4.69) is 25.2 Å². The van der Waals surface area contributed by atoms with E-state index in [0.29, 0.717) is 22.3 Å². The lowest BCUT2D eigenvalue weighted by molar-refractivity contribution is -0.116. The fourth-order valence-corrected chi connectivity index (χ4v) is 4.42. The number of rotatable bonds is 4. The third kappa shape index (κ3) is 3.31. The molecule has 136 valence electrons. The zero-order valence-electron chi connectivity index (χ0n) is 14.5. The smallest absolute Gasteiger partial charge is 0.257 e. The largest absolute Gasteiger partial charge is 0.356 e. The standard InChI is InChI=1S/C17H20N6O2S/c1-11-8-18-17-23(16(11)25)12(9-26-17)6-15(24)21-13-7-14(20-10-19-13)22-4-2-3-5-22/h7-8,10,12H,2-6,9H2,1H3,(H,19,20,21,24)/t12-/m1/s1. The van der Waals surface area contributed by atoms with Crippen LogP contribution in [0.4, 0.5) is 11.6 Å². The van der Waals surface area contributed by atoms with E-state index in [1.165, 1.54) is 18.1 Å². The quantitative estimate of drug-likeness (QED) is 0.815. The van der Waals surface area contributed by atoms with Crippen molar-refractivity contribution in [2.75, 3.05) is 29.1 Å². The Morgan fingerprint density at radius 3 is 2.92 bits per heavy atom. The van der Waals surface area contributed by atoms with Crippen molar-refractivity contribution in [3.8, 4) is 0 Å². The number of anilines is 2. The number of nitrogens with zero attached hydrogens (tertiary/aromatic N) is 5. The Labute approximate surface area is 155 Å². The van der Waals surface area contributed by atoms with Gasteiger partial charge in [0.2, 0.25) is 5.91 Å². The van der Waals surface area contributed by atoms with E-state index in [9.17, 15) is 9.59 Å². The predicted octanol–water partition coefficient (Wildman–Crippen LogP) is 1.62. The molecule has 1 atom stereocenters. The molecule has 1 saturated heterocycles. The third-order valence-electron chi connectivity index (χ3n) is 4.67. The van der Waals surface area contributed by atoms with Crippen LogP contribution in [0.25, 0.3) is 0 Å². The maximum absolute atomic E-state index is 12.5. The molecule has 26 heavy (non-hydrogen) atoms. The lowest BCUT2D eigenvalue weighted by atomic mass is 10.2. The van der Waals surface area contributed by atoms with Gasteiger partial charge in [-0.05, 0) is 19.8 Å². The third-order valence-corrected chi connectivity index (χ3v) is 5.78. The molecule has 2 aliphatic heterocycles. The number of hydrogen-bond acceptors (Lipinski definition) is 7. The van der Waals surface area contributed by atoms with Crippen molar-refractivity contribution in [3.63, 3.8) is 0 Å². The average Bonchev–Trinajstić information content (AvgIpc) is 3.29. The van der Waals surface area contributed by atoms with E-state index >= 15 is 0 Å². The van der Waals surface area contributed by atoms with Gasteiger partial charge >= 0.3 is 0 Å². The highest BCUT2D eigenvalue weighted by atomic mass is 32.2. The summed E-state index contributed by atoms with van der Waals surface area (Å²) >= 11 is 1.51. The van der Waals surface area contributed by atoms with Crippen molar-refractivity contribution in [1.29, 1.82) is 0 Å². The van der Waals surface area contributed by atoms with Crippen LogP contribution in [-0.4, -0.2) is 44.3 Å². The number of nitrogens with one attached hydrogen (secondary N) is 1. The summed E-state index contributed by atoms with van der Waals surface area (Å²) in [5, 5.41) is 3.51. The SMILES string of the molecule is Cc1cnc2n(c1=O)[C@H](CC(=O)Nc1cc(N3CCCC3)ncn1)CS2. The van der Waals surface area contributed by atoms with Gasteiger partial charge in [0, 0.05) is 43.1 Å². The summed E-state index contributed by atoms with van der Waals surface area (Å²) in [4.78, 5) is 39.7. The molecule has 8 nitrogen and oxygen atoms in total. The monoisotopic (exact) mass is 372 g/mol. The van der Waals surface area contributed by atoms with Crippen LogP contribution in [0, 0.1) is 6.92 Å². The van der Waals surface area contributed by atoms with Crippen LogP contribution in [-0.2, 0) is 4.79 Å². The summed E-state index contributed by atoms with van der Waals surface area (Å²) in [5.41, 5.74) is 0.517. The number of fused-ring (bicyclic) bond motifs is 1. The molecule has 0 saturated carbocycles. The highest BCUT2D eigenvalue weighted by molar-refractivity contribution is 7.99. The Morgan fingerprint density at radius 1 is 1.31 bits per heavy atom. The van der Waals surface area contributed by atoms with Gasteiger partial charge in [-0.15, -0.1) is 0 Å². The summed E-state index contributed by atoms with van der Waals surface area (Å²) in [5.74, 6) is 1.84. The predicted molar refractivity (Wildman–Crippen MR) is 99.7 cm³/mol. The van der Waals surface area contributed by atoms with E-state index in [-0.39, 0.29) is 23.9 Å². The molecule has 0 radical (unpaired) electrons. The molecule has 2 aliphatic rings. The first-order valence-corrected chi connectivity index (χ1v) is 9.68. The van der Waals surface area contributed by atoms with Crippen molar-refractivity contribution >= 4 is 29.3 Å². The molecule has 2 aromatic rings. The van der Waals surface area contributed by atoms with E-state index in [1.54, 1.807) is 23.8 Å².